The van der Waals surface area contributed by atoms with Crippen molar-refractivity contribution in [3.05, 3.63) is 89.2 Å². The van der Waals surface area contributed by atoms with Crippen LogP contribution in [0.5, 0.6) is 17.2 Å². The largest absolute Gasteiger partial charge is 0.496 e. The molecular weight excluding hydrogens is 381 g/mol. The highest BCUT2D eigenvalue weighted by Gasteiger charge is 2.12. The normalized spacial score (nSPS) is 10.6. The molecule has 0 aromatic heterocycles. The van der Waals surface area contributed by atoms with Crippen LogP contribution >= 0.6 is 0 Å². The molecule has 1 N–H and O–H groups in total. The first-order valence-corrected chi connectivity index (χ1v) is 10.2. The van der Waals surface area contributed by atoms with Gasteiger partial charge < -0.3 is 19.5 Å². The molecule has 30 heavy (non-hydrogen) atoms. The van der Waals surface area contributed by atoms with Crippen molar-refractivity contribution in [2.24, 2.45) is 0 Å². The molecule has 0 spiro atoms. The van der Waals surface area contributed by atoms with Gasteiger partial charge in [0.2, 0.25) is 0 Å². The summed E-state index contributed by atoms with van der Waals surface area (Å²) in [5.41, 5.74) is 2.64. The number of hydrogen-bond donors (Lipinski definition) is 1. The van der Waals surface area contributed by atoms with Crippen LogP contribution in [0.2, 0.25) is 0 Å². The van der Waals surface area contributed by atoms with Crippen LogP contribution in [-0.4, -0.2) is 20.3 Å². The lowest BCUT2D eigenvalue weighted by Gasteiger charge is -2.17. The number of nitrogens with one attached hydrogen (secondary N) is 1. The van der Waals surface area contributed by atoms with E-state index in [-0.39, 0.29) is 12.4 Å². The van der Waals surface area contributed by atoms with Crippen molar-refractivity contribution in [1.82, 2.24) is 5.32 Å². The second-order valence-electron chi connectivity index (χ2n) is 6.80. The van der Waals surface area contributed by atoms with E-state index in [1.54, 1.807) is 25.3 Å². The first-order valence-electron chi connectivity index (χ1n) is 10.2. The van der Waals surface area contributed by atoms with Gasteiger partial charge in [-0.1, -0.05) is 48.5 Å². The Balaban J connectivity index is 1.66. The minimum absolute atomic E-state index is 0.144. The van der Waals surface area contributed by atoms with Crippen LogP contribution in [0.3, 0.4) is 0 Å². The number of methoxy groups -OCH3 is 1. The molecule has 3 rings (SSSR count). The average molecular weight is 410 g/mol. The van der Waals surface area contributed by atoms with Gasteiger partial charge in [0.15, 0.2) is 11.5 Å². The van der Waals surface area contributed by atoms with Crippen molar-refractivity contribution in [1.29, 1.82) is 0 Å². The van der Waals surface area contributed by atoms with Gasteiger partial charge in [-0.2, -0.15) is 0 Å². The summed E-state index contributed by atoms with van der Waals surface area (Å²) in [5.74, 6) is 1.93. The van der Waals surface area contributed by atoms with Crippen molar-refractivity contribution < 1.29 is 18.6 Å². The summed E-state index contributed by atoms with van der Waals surface area (Å²) in [7, 11) is 1.69. The highest BCUT2D eigenvalue weighted by Crippen LogP contribution is 2.32. The van der Waals surface area contributed by atoms with E-state index in [1.807, 2.05) is 43.3 Å². The number of hydrogen-bond acceptors (Lipinski definition) is 4. The fourth-order valence-corrected chi connectivity index (χ4v) is 3.25. The minimum Gasteiger partial charge on any atom is -0.496 e. The molecule has 0 aliphatic rings. The van der Waals surface area contributed by atoms with E-state index >= 15 is 0 Å². The SMILES string of the molecule is CCOc1cccc(CNCCc2ccccc2OC)c1OCc1ccccc1F. The van der Waals surface area contributed by atoms with Crippen molar-refractivity contribution in [3.63, 3.8) is 0 Å². The highest BCUT2D eigenvalue weighted by atomic mass is 19.1. The molecular formula is C25H28FNO3. The van der Waals surface area contributed by atoms with E-state index in [4.69, 9.17) is 14.2 Å². The molecule has 0 heterocycles. The van der Waals surface area contributed by atoms with Crippen molar-refractivity contribution in [3.8, 4) is 17.2 Å². The topological polar surface area (TPSA) is 39.7 Å². The Morgan fingerprint density at radius 1 is 0.800 bits per heavy atom. The lowest BCUT2D eigenvalue weighted by Crippen LogP contribution is -2.18. The first-order chi connectivity index (χ1) is 14.7. The molecule has 0 bridgehead atoms. The van der Waals surface area contributed by atoms with Gasteiger partial charge in [-0.3, -0.25) is 0 Å². The summed E-state index contributed by atoms with van der Waals surface area (Å²) >= 11 is 0. The summed E-state index contributed by atoms with van der Waals surface area (Å²) in [6, 6.07) is 20.5. The van der Waals surface area contributed by atoms with Crippen LogP contribution in [-0.2, 0) is 19.6 Å². The third kappa shape index (κ3) is 5.74. The van der Waals surface area contributed by atoms with Gasteiger partial charge in [0.1, 0.15) is 18.2 Å². The third-order valence-electron chi connectivity index (χ3n) is 4.77. The molecule has 158 valence electrons. The maximum absolute atomic E-state index is 14.0. The molecule has 0 saturated heterocycles. The average Bonchev–Trinajstić information content (AvgIpc) is 2.77. The van der Waals surface area contributed by atoms with Gasteiger partial charge in [0, 0.05) is 17.7 Å². The second kappa shape index (κ2) is 11.2. The lowest BCUT2D eigenvalue weighted by molar-refractivity contribution is 0.262. The smallest absolute Gasteiger partial charge is 0.166 e. The second-order valence-corrected chi connectivity index (χ2v) is 6.80. The molecule has 0 radical (unpaired) electrons. The molecule has 3 aromatic carbocycles. The van der Waals surface area contributed by atoms with Gasteiger partial charge in [-0.15, -0.1) is 0 Å². The molecule has 0 aliphatic carbocycles. The Morgan fingerprint density at radius 2 is 1.50 bits per heavy atom. The molecule has 0 saturated carbocycles. The number of rotatable bonds is 11. The van der Waals surface area contributed by atoms with Crippen molar-refractivity contribution in [2.45, 2.75) is 26.5 Å². The summed E-state index contributed by atoms with van der Waals surface area (Å²) < 4.78 is 31.1. The van der Waals surface area contributed by atoms with Crippen LogP contribution < -0.4 is 19.5 Å². The molecule has 0 unspecified atom stereocenters. The molecule has 0 aliphatic heterocycles. The molecule has 5 heteroatoms. The zero-order chi connectivity index (χ0) is 21.2. The molecule has 4 nitrogen and oxygen atoms in total. The fourth-order valence-electron chi connectivity index (χ4n) is 3.25. The van der Waals surface area contributed by atoms with E-state index in [0.717, 1.165) is 29.8 Å². The summed E-state index contributed by atoms with van der Waals surface area (Å²) in [6.07, 6.45) is 0.848. The zero-order valence-electron chi connectivity index (χ0n) is 17.5. The van der Waals surface area contributed by atoms with Crippen LogP contribution in [0.25, 0.3) is 0 Å². The number of ether oxygens (including phenoxy) is 3. The molecule has 3 aromatic rings. The maximum Gasteiger partial charge on any atom is 0.166 e. The maximum atomic E-state index is 14.0. The predicted molar refractivity (Wildman–Crippen MR) is 117 cm³/mol. The summed E-state index contributed by atoms with van der Waals surface area (Å²) in [4.78, 5) is 0. The van der Waals surface area contributed by atoms with Crippen LogP contribution in [0.15, 0.2) is 66.7 Å². The van der Waals surface area contributed by atoms with E-state index in [0.29, 0.717) is 30.2 Å². The van der Waals surface area contributed by atoms with Gasteiger partial charge in [-0.25, -0.2) is 4.39 Å². The zero-order valence-corrected chi connectivity index (χ0v) is 17.5. The summed E-state index contributed by atoms with van der Waals surface area (Å²) in [5, 5.41) is 3.46. The predicted octanol–water partition coefficient (Wildman–Crippen LogP) is 5.14. The van der Waals surface area contributed by atoms with Gasteiger partial charge >= 0.3 is 0 Å². The molecule has 0 atom stereocenters. The molecule has 0 fully saturated rings. The minimum atomic E-state index is -0.275. The van der Waals surface area contributed by atoms with E-state index in [1.165, 1.54) is 6.07 Å². The number of benzene rings is 3. The van der Waals surface area contributed by atoms with Crippen LogP contribution in [0.4, 0.5) is 4.39 Å². The van der Waals surface area contributed by atoms with E-state index in [9.17, 15) is 4.39 Å². The number of halogens is 1. The quantitative estimate of drug-likeness (QED) is 0.445. The van der Waals surface area contributed by atoms with Crippen LogP contribution in [0.1, 0.15) is 23.6 Å². The summed E-state index contributed by atoms with van der Waals surface area (Å²) in [6.45, 7) is 4.00. The monoisotopic (exact) mass is 409 g/mol. The fraction of sp³-hybridized carbons (Fsp3) is 0.280. The highest BCUT2D eigenvalue weighted by molar-refractivity contribution is 5.47. The van der Waals surface area contributed by atoms with Gasteiger partial charge in [-0.05, 0) is 43.7 Å². The van der Waals surface area contributed by atoms with Gasteiger partial charge in [0.25, 0.3) is 0 Å². The van der Waals surface area contributed by atoms with E-state index < -0.39 is 0 Å². The first kappa shape index (κ1) is 21.7. The van der Waals surface area contributed by atoms with E-state index in [2.05, 4.69) is 11.4 Å². The standard InChI is InChI=1S/C25H28FNO3/c1-3-29-24-14-8-11-20(25(24)30-18-21-10-4-6-12-22(21)26)17-27-16-15-19-9-5-7-13-23(19)28-2/h4-14,27H,3,15-18H2,1-2H3. The van der Waals surface area contributed by atoms with Gasteiger partial charge in [0.05, 0.1) is 13.7 Å². The third-order valence-corrected chi connectivity index (χ3v) is 4.77. The van der Waals surface area contributed by atoms with Crippen LogP contribution in [0, 0.1) is 5.82 Å². The number of para-hydroxylation sites is 2. The molecule has 0 amide bonds. The Bertz CT molecular complexity index is 945. The Hall–Kier alpha value is -3.05. The Kier molecular flexibility index (Phi) is 8.10. The lowest BCUT2D eigenvalue weighted by atomic mass is 10.1. The van der Waals surface area contributed by atoms with Crippen molar-refractivity contribution in [2.75, 3.05) is 20.3 Å². The van der Waals surface area contributed by atoms with Crippen molar-refractivity contribution >= 4 is 0 Å². The Morgan fingerprint density at radius 3 is 2.27 bits per heavy atom. The Labute approximate surface area is 177 Å².